The molecule has 0 unspecified atom stereocenters. The number of hydrogen-bond donors (Lipinski definition) is 3. The minimum absolute atomic E-state index is 0.0568. The summed E-state index contributed by atoms with van der Waals surface area (Å²) in [6.45, 7) is 1.25. The maximum absolute atomic E-state index is 12.8. The van der Waals surface area contributed by atoms with E-state index in [-0.39, 0.29) is 24.6 Å². The van der Waals surface area contributed by atoms with Crippen LogP contribution in [0.3, 0.4) is 0 Å². The standard InChI is InChI=1S/C25H24INO6/c1-16(29)17-7-10-19(11-8-17)27-25(31)33-24(21-15-18(26)9-12-22(21)30)23(13-14-28)32-20-5-3-2-4-6-20/h2-12,15,23-24,28,30H,13-14H2,1H3,(H,27,31)/t23-,24-/m1/s1. The van der Waals surface area contributed by atoms with Crippen molar-refractivity contribution in [2.75, 3.05) is 11.9 Å². The van der Waals surface area contributed by atoms with Crippen molar-refractivity contribution in [3.05, 3.63) is 87.5 Å². The molecule has 3 aromatic carbocycles. The Labute approximate surface area is 205 Å². The van der Waals surface area contributed by atoms with Gasteiger partial charge in [-0.25, -0.2) is 4.79 Å². The quantitative estimate of drug-likeness (QED) is 0.241. The Balaban J connectivity index is 1.87. The molecule has 3 aromatic rings. The van der Waals surface area contributed by atoms with Crippen molar-refractivity contribution in [3.63, 3.8) is 0 Å². The van der Waals surface area contributed by atoms with Gasteiger partial charge in [0.15, 0.2) is 11.9 Å². The number of ether oxygens (including phenoxy) is 2. The second-order valence-electron chi connectivity index (χ2n) is 7.27. The van der Waals surface area contributed by atoms with E-state index in [1.807, 2.05) is 18.2 Å². The average molecular weight is 561 g/mol. The number of nitrogens with one attached hydrogen (secondary N) is 1. The maximum atomic E-state index is 12.8. The molecule has 0 radical (unpaired) electrons. The molecule has 0 aromatic heterocycles. The highest BCUT2D eigenvalue weighted by molar-refractivity contribution is 14.1. The van der Waals surface area contributed by atoms with Crippen LogP contribution in [0.25, 0.3) is 0 Å². The number of halogens is 1. The van der Waals surface area contributed by atoms with Gasteiger partial charge >= 0.3 is 6.09 Å². The van der Waals surface area contributed by atoms with E-state index in [0.717, 1.165) is 3.57 Å². The Morgan fingerprint density at radius 3 is 2.36 bits per heavy atom. The summed E-state index contributed by atoms with van der Waals surface area (Å²) in [4.78, 5) is 24.2. The molecule has 8 heteroatoms. The topological polar surface area (TPSA) is 105 Å². The van der Waals surface area contributed by atoms with Gasteiger partial charge in [0, 0.05) is 33.4 Å². The van der Waals surface area contributed by atoms with Crippen LogP contribution < -0.4 is 10.1 Å². The predicted octanol–water partition coefficient (Wildman–Crippen LogP) is 5.32. The number of carbonyl (C=O) groups excluding carboxylic acids is 2. The van der Waals surface area contributed by atoms with Crippen LogP contribution in [0.4, 0.5) is 10.5 Å². The van der Waals surface area contributed by atoms with Gasteiger partial charge in [-0.1, -0.05) is 18.2 Å². The minimum atomic E-state index is -1.01. The molecule has 1 amide bonds. The summed E-state index contributed by atoms with van der Waals surface area (Å²) in [7, 11) is 0. The highest BCUT2D eigenvalue weighted by Crippen LogP contribution is 2.34. The number of aliphatic hydroxyl groups is 1. The number of para-hydroxylation sites is 1. The Hall–Kier alpha value is -3.11. The molecule has 3 rings (SSSR count). The van der Waals surface area contributed by atoms with E-state index in [2.05, 4.69) is 27.9 Å². The van der Waals surface area contributed by atoms with Gasteiger partial charge in [0.05, 0.1) is 0 Å². The number of ketones is 1. The number of carbonyl (C=O) groups is 2. The third-order valence-corrected chi connectivity index (χ3v) is 5.52. The van der Waals surface area contributed by atoms with Crippen molar-refractivity contribution < 1.29 is 29.3 Å². The molecule has 7 nitrogen and oxygen atoms in total. The fourth-order valence-electron chi connectivity index (χ4n) is 3.22. The maximum Gasteiger partial charge on any atom is 0.412 e. The number of Topliss-reactive ketones (excluding diaryl/α,β-unsaturated/α-hetero) is 1. The van der Waals surface area contributed by atoms with Crippen LogP contribution in [-0.2, 0) is 4.74 Å². The van der Waals surface area contributed by atoms with Crippen LogP contribution >= 0.6 is 22.6 Å². The number of phenolic OH excluding ortho intramolecular Hbond substituents is 1. The summed E-state index contributed by atoms with van der Waals surface area (Å²) >= 11 is 2.10. The van der Waals surface area contributed by atoms with Crippen LogP contribution in [0.1, 0.15) is 35.4 Å². The highest BCUT2D eigenvalue weighted by Gasteiger charge is 2.31. The summed E-state index contributed by atoms with van der Waals surface area (Å²) in [6, 6.07) is 20.3. The number of benzene rings is 3. The zero-order valence-corrected chi connectivity index (χ0v) is 20.1. The van der Waals surface area contributed by atoms with Gasteiger partial charge in [-0.2, -0.15) is 0 Å². The van der Waals surface area contributed by atoms with Crippen molar-refractivity contribution >= 4 is 40.2 Å². The molecule has 0 aliphatic rings. The second-order valence-corrected chi connectivity index (χ2v) is 8.51. The molecule has 172 valence electrons. The molecule has 0 spiro atoms. The molecule has 0 aliphatic heterocycles. The molecule has 0 saturated heterocycles. The Bertz CT molecular complexity index is 1090. The number of rotatable bonds is 9. The van der Waals surface area contributed by atoms with Crippen LogP contribution in [-0.4, -0.2) is 34.8 Å². The monoisotopic (exact) mass is 561 g/mol. The first-order valence-electron chi connectivity index (χ1n) is 10.3. The van der Waals surface area contributed by atoms with Crippen LogP contribution in [0.5, 0.6) is 11.5 Å². The van der Waals surface area contributed by atoms with E-state index < -0.39 is 18.3 Å². The molecule has 0 saturated carbocycles. The summed E-state index contributed by atoms with van der Waals surface area (Å²) in [5.41, 5.74) is 1.33. The Kier molecular flexibility index (Phi) is 8.67. The molecule has 3 N–H and O–H groups in total. The van der Waals surface area contributed by atoms with E-state index in [9.17, 15) is 19.8 Å². The van der Waals surface area contributed by atoms with Gasteiger partial charge in [-0.3, -0.25) is 10.1 Å². The zero-order valence-electron chi connectivity index (χ0n) is 17.9. The summed E-state index contributed by atoms with van der Waals surface area (Å²) in [6.07, 6.45) is -2.39. The number of hydrogen-bond acceptors (Lipinski definition) is 6. The molecule has 0 heterocycles. The molecule has 0 bridgehead atoms. The van der Waals surface area contributed by atoms with E-state index >= 15 is 0 Å². The number of amides is 1. The molecular weight excluding hydrogens is 537 g/mol. The molecule has 0 fully saturated rings. The molecule has 2 atom stereocenters. The van der Waals surface area contributed by atoms with Gasteiger partial charge in [-0.15, -0.1) is 0 Å². The normalized spacial score (nSPS) is 12.5. The lowest BCUT2D eigenvalue weighted by Gasteiger charge is -2.28. The van der Waals surface area contributed by atoms with Crippen LogP contribution in [0, 0.1) is 3.57 Å². The first kappa shape index (κ1) is 24.5. The number of aliphatic hydroxyl groups excluding tert-OH is 1. The lowest BCUT2D eigenvalue weighted by Crippen LogP contribution is -2.32. The lowest BCUT2D eigenvalue weighted by atomic mass is 10.0. The molecule has 33 heavy (non-hydrogen) atoms. The van der Waals surface area contributed by atoms with E-state index in [1.165, 1.54) is 13.0 Å². The first-order valence-corrected chi connectivity index (χ1v) is 11.3. The van der Waals surface area contributed by atoms with Gasteiger partial charge < -0.3 is 19.7 Å². The lowest BCUT2D eigenvalue weighted by molar-refractivity contribution is 0.00796. The SMILES string of the molecule is CC(=O)c1ccc(NC(=O)O[C@H](c2cc(I)ccc2O)[C@@H](CCO)Oc2ccccc2)cc1. The summed E-state index contributed by atoms with van der Waals surface area (Å²) in [5, 5.41) is 22.8. The average Bonchev–Trinajstić information content (AvgIpc) is 2.80. The smallest absolute Gasteiger partial charge is 0.412 e. The Morgan fingerprint density at radius 2 is 1.73 bits per heavy atom. The number of phenols is 1. The first-order chi connectivity index (χ1) is 15.9. The van der Waals surface area contributed by atoms with Gasteiger partial charge in [0.2, 0.25) is 0 Å². The largest absolute Gasteiger partial charge is 0.508 e. The van der Waals surface area contributed by atoms with Crippen molar-refractivity contribution in [3.8, 4) is 11.5 Å². The second kappa shape index (κ2) is 11.7. The van der Waals surface area contributed by atoms with Gasteiger partial charge in [-0.05, 0) is 84.1 Å². The minimum Gasteiger partial charge on any atom is -0.508 e. The molecular formula is C25H24INO6. The number of aromatic hydroxyl groups is 1. The Morgan fingerprint density at radius 1 is 1.03 bits per heavy atom. The summed E-state index contributed by atoms with van der Waals surface area (Å²) < 4.78 is 12.6. The van der Waals surface area contributed by atoms with Gasteiger partial charge in [0.25, 0.3) is 0 Å². The number of anilines is 1. The fourth-order valence-corrected chi connectivity index (χ4v) is 3.73. The molecule has 0 aliphatic carbocycles. The van der Waals surface area contributed by atoms with E-state index in [1.54, 1.807) is 48.5 Å². The van der Waals surface area contributed by atoms with Gasteiger partial charge in [0.1, 0.15) is 17.6 Å². The van der Waals surface area contributed by atoms with E-state index in [0.29, 0.717) is 22.6 Å². The fraction of sp³-hybridized carbons (Fsp3) is 0.200. The van der Waals surface area contributed by atoms with E-state index in [4.69, 9.17) is 9.47 Å². The van der Waals surface area contributed by atoms with Crippen molar-refractivity contribution in [1.82, 2.24) is 0 Å². The van der Waals surface area contributed by atoms with Crippen LogP contribution in [0.2, 0.25) is 0 Å². The summed E-state index contributed by atoms with van der Waals surface area (Å²) in [5.74, 6) is 0.400. The predicted molar refractivity (Wildman–Crippen MR) is 133 cm³/mol. The third-order valence-electron chi connectivity index (χ3n) is 4.85. The third kappa shape index (κ3) is 6.93. The van der Waals surface area contributed by atoms with Crippen molar-refractivity contribution in [1.29, 1.82) is 0 Å². The van der Waals surface area contributed by atoms with Crippen LogP contribution in [0.15, 0.2) is 72.8 Å². The van der Waals surface area contributed by atoms with Crippen molar-refractivity contribution in [2.24, 2.45) is 0 Å². The van der Waals surface area contributed by atoms with Crippen molar-refractivity contribution in [2.45, 2.75) is 25.6 Å². The highest BCUT2D eigenvalue weighted by atomic mass is 127. The zero-order chi connectivity index (χ0) is 23.8.